The van der Waals surface area contributed by atoms with Gasteiger partial charge in [-0.3, -0.25) is 0 Å². The van der Waals surface area contributed by atoms with Crippen molar-refractivity contribution in [2.24, 2.45) is 0 Å². The van der Waals surface area contributed by atoms with Gasteiger partial charge in [-0.15, -0.1) is 0 Å². The molecule has 3 rings (SSSR count). The molecule has 3 aromatic carbocycles. The van der Waals surface area contributed by atoms with Gasteiger partial charge in [-0.2, -0.15) is 0 Å². The van der Waals surface area contributed by atoms with E-state index in [1.54, 1.807) is 6.07 Å². The molecule has 0 bridgehead atoms. The van der Waals surface area contributed by atoms with Crippen molar-refractivity contribution in [2.45, 2.75) is 6.10 Å². The van der Waals surface area contributed by atoms with E-state index in [0.29, 0.717) is 5.69 Å². The van der Waals surface area contributed by atoms with Crippen LogP contribution in [0, 0.1) is 0 Å². The predicted octanol–water partition coefficient (Wildman–Crippen LogP) is 4.02. The summed E-state index contributed by atoms with van der Waals surface area (Å²) in [7, 11) is 0. The van der Waals surface area contributed by atoms with E-state index in [-0.39, 0.29) is 0 Å². The van der Waals surface area contributed by atoms with E-state index >= 15 is 0 Å². The maximum atomic E-state index is 10.5. The minimum Gasteiger partial charge on any atom is -0.398 e. The van der Waals surface area contributed by atoms with Crippen LogP contribution in [0.5, 0.6) is 0 Å². The first-order valence-electron chi connectivity index (χ1n) is 6.93. The molecule has 0 saturated carbocycles. The lowest BCUT2D eigenvalue weighted by atomic mass is 9.97. The summed E-state index contributed by atoms with van der Waals surface area (Å²) in [6.45, 7) is 0. The van der Waals surface area contributed by atoms with Gasteiger partial charge < -0.3 is 10.8 Å². The maximum Gasteiger partial charge on any atom is 0.106 e. The third-order valence-electron chi connectivity index (χ3n) is 3.62. The standard InChI is InChI=1S/C19H17NO/c20-18-9-5-4-8-17(18)19(21)16-12-10-15(11-13-16)14-6-2-1-3-7-14/h1-13,19,21H,20H2. The van der Waals surface area contributed by atoms with Gasteiger partial charge >= 0.3 is 0 Å². The normalized spacial score (nSPS) is 12.0. The molecule has 0 fully saturated rings. The van der Waals surface area contributed by atoms with E-state index in [0.717, 1.165) is 22.3 Å². The van der Waals surface area contributed by atoms with Crippen molar-refractivity contribution in [2.75, 3.05) is 5.73 Å². The Morgan fingerprint density at radius 2 is 1.24 bits per heavy atom. The molecule has 3 aromatic rings. The lowest BCUT2D eigenvalue weighted by molar-refractivity contribution is 0.221. The van der Waals surface area contributed by atoms with Gasteiger partial charge in [0.15, 0.2) is 0 Å². The minimum atomic E-state index is -0.698. The second-order valence-corrected chi connectivity index (χ2v) is 5.02. The summed E-state index contributed by atoms with van der Waals surface area (Å²) in [5.41, 5.74) is 10.4. The van der Waals surface area contributed by atoms with Crippen LogP contribution in [-0.2, 0) is 0 Å². The Labute approximate surface area is 124 Å². The fourth-order valence-corrected chi connectivity index (χ4v) is 2.43. The Kier molecular flexibility index (Phi) is 3.71. The second kappa shape index (κ2) is 5.81. The molecule has 0 amide bonds. The van der Waals surface area contributed by atoms with Crippen molar-refractivity contribution >= 4 is 5.69 Å². The molecule has 21 heavy (non-hydrogen) atoms. The number of aliphatic hydroxyl groups excluding tert-OH is 1. The van der Waals surface area contributed by atoms with Crippen molar-refractivity contribution in [3.05, 3.63) is 90.0 Å². The molecule has 2 nitrogen and oxygen atoms in total. The Morgan fingerprint density at radius 3 is 1.90 bits per heavy atom. The van der Waals surface area contributed by atoms with Crippen LogP contribution in [0.15, 0.2) is 78.9 Å². The number of nitrogens with two attached hydrogens (primary N) is 1. The highest BCUT2D eigenvalue weighted by molar-refractivity contribution is 5.64. The molecule has 0 aliphatic heterocycles. The van der Waals surface area contributed by atoms with E-state index in [1.807, 2.05) is 60.7 Å². The van der Waals surface area contributed by atoms with Crippen molar-refractivity contribution < 1.29 is 5.11 Å². The Morgan fingerprint density at radius 1 is 0.667 bits per heavy atom. The van der Waals surface area contributed by atoms with Crippen LogP contribution in [0.1, 0.15) is 17.2 Å². The monoisotopic (exact) mass is 275 g/mol. The van der Waals surface area contributed by atoms with Crippen LogP contribution in [0.3, 0.4) is 0 Å². The van der Waals surface area contributed by atoms with Crippen LogP contribution >= 0.6 is 0 Å². The third-order valence-corrected chi connectivity index (χ3v) is 3.62. The Bertz CT molecular complexity index is 720. The molecule has 0 aliphatic rings. The number of aliphatic hydroxyl groups is 1. The molecule has 1 unspecified atom stereocenters. The highest BCUT2D eigenvalue weighted by Gasteiger charge is 2.12. The molecule has 1 atom stereocenters. The van der Waals surface area contributed by atoms with Gasteiger partial charge in [-0.1, -0.05) is 72.8 Å². The first kappa shape index (κ1) is 13.4. The summed E-state index contributed by atoms with van der Waals surface area (Å²) in [5.74, 6) is 0. The summed E-state index contributed by atoms with van der Waals surface area (Å²) in [6.07, 6.45) is -0.698. The molecule has 0 saturated heterocycles. The fourth-order valence-electron chi connectivity index (χ4n) is 2.43. The van der Waals surface area contributed by atoms with Crippen molar-refractivity contribution in [1.82, 2.24) is 0 Å². The predicted molar refractivity (Wildman–Crippen MR) is 86.8 cm³/mol. The summed E-state index contributed by atoms with van der Waals surface area (Å²) >= 11 is 0. The zero-order valence-corrected chi connectivity index (χ0v) is 11.6. The number of nitrogen functional groups attached to an aromatic ring is 1. The smallest absolute Gasteiger partial charge is 0.106 e. The zero-order chi connectivity index (χ0) is 14.7. The van der Waals surface area contributed by atoms with E-state index in [4.69, 9.17) is 5.73 Å². The van der Waals surface area contributed by atoms with Gasteiger partial charge in [0.05, 0.1) is 0 Å². The Hall–Kier alpha value is -2.58. The van der Waals surface area contributed by atoms with Crippen LogP contribution in [-0.4, -0.2) is 5.11 Å². The van der Waals surface area contributed by atoms with E-state index in [2.05, 4.69) is 12.1 Å². The SMILES string of the molecule is Nc1ccccc1C(O)c1ccc(-c2ccccc2)cc1. The Balaban J connectivity index is 1.89. The van der Waals surface area contributed by atoms with Gasteiger partial charge in [0.1, 0.15) is 6.10 Å². The van der Waals surface area contributed by atoms with Crippen molar-refractivity contribution in [3.63, 3.8) is 0 Å². The topological polar surface area (TPSA) is 46.2 Å². The van der Waals surface area contributed by atoms with Gasteiger partial charge in [-0.05, 0) is 22.8 Å². The quantitative estimate of drug-likeness (QED) is 0.709. The highest BCUT2D eigenvalue weighted by Crippen LogP contribution is 2.28. The zero-order valence-electron chi connectivity index (χ0n) is 11.6. The summed E-state index contributed by atoms with van der Waals surface area (Å²) in [6, 6.07) is 25.5. The lowest BCUT2D eigenvalue weighted by Gasteiger charge is -2.14. The van der Waals surface area contributed by atoms with Crippen LogP contribution < -0.4 is 5.73 Å². The number of hydrogen-bond acceptors (Lipinski definition) is 2. The fraction of sp³-hybridized carbons (Fsp3) is 0.0526. The molecule has 3 N–H and O–H groups in total. The molecule has 0 aliphatic carbocycles. The van der Waals surface area contributed by atoms with Crippen LogP contribution in [0.2, 0.25) is 0 Å². The van der Waals surface area contributed by atoms with Gasteiger partial charge in [-0.25, -0.2) is 0 Å². The molecule has 0 radical (unpaired) electrons. The summed E-state index contributed by atoms with van der Waals surface area (Å²) < 4.78 is 0. The molecule has 0 spiro atoms. The number of rotatable bonds is 3. The van der Waals surface area contributed by atoms with Gasteiger partial charge in [0, 0.05) is 11.3 Å². The van der Waals surface area contributed by atoms with Crippen LogP contribution in [0.25, 0.3) is 11.1 Å². The molecule has 104 valence electrons. The van der Waals surface area contributed by atoms with E-state index < -0.39 is 6.10 Å². The number of benzene rings is 3. The van der Waals surface area contributed by atoms with E-state index in [1.165, 1.54) is 0 Å². The molecular weight excluding hydrogens is 258 g/mol. The van der Waals surface area contributed by atoms with E-state index in [9.17, 15) is 5.11 Å². The maximum absolute atomic E-state index is 10.5. The average Bonchev–Trinajstić information content (AvgIpc) is 2.56. The minimum absolute atomic E-state index is 0.608. The first-order chi connectivity index (χ1) is 10.3. The summed E-state index contributed by atoms with van der Waals surface area (Å²) in [5, 5.41) is 10.5. The van der Waals surface area contributed by atoms with Gasteiger partial charge in [0.2, 0.25) is 0 Å². The van der Waals surface area contributed by atoms with Gasteiger partial charge in [0.25, 0.3) is 0 Å². The lowest BCUT2D eigenvalue weighted by Crippen LogP contribution is -2.03. The first-order valence-corrected chi connectivity index (χ1v) is 6.93. The molecule has 2 heteroatoms. The highest BCUT2D eigenvalue weighted by atomic mass is 16.3. The number of anilines is 1. The third kappa shape index (κ3) is 2.81. The van der Waals surface area contributed by atoms with Crippen LogP contribution in [0.4, 0.5) is 5.69 Å². The summed E-state index contributed by atoms with van der Waals surface area (Å²) in [4.78, 5) is 0. The van der Waals surface area contributed by atoms with Crippen molar-refractivity contribution in [3.8, 4) is 11.1 Å². The molecule has 0 aromatic heterocycles. The number of hydrogen-bond donors (Lipinski definition) is 2. The second-order valence-electron chi connectivity index (χ2n) is 5.02. The largest absolute Gasteiger partial charge is 0.398 e. The molecule has 0 heterocycles. The molecular formula is C19H17NO. The number of para-hydroxylation sites is 1. The van der Waals surface area contributed by atoms with Crippen molar-refractivity contribution in [1.29, 1.82) is 0 Å². The average molecular weight is 275 g/mol.